The van der Waals surface area contributed by atoms with E-state index >= 15 is 0 Å². The fraction of sp³-hybridized carbons (Fsp3) is 0.0435. The predicted octanol–water partition coefficient (Wildman–Crippen LogP) is 4.11. The third-order valence-electron chi connectivity index (χ3n) is 5.28. The second kappa shape index (κ2) is 7.68. The number of carboxylic acids is 1. The Kier molecular flexibility index (Phi) is 4.67. The average molecular weight is 442 g/mol. The number of anilines is 4. The maximum atomic E-state index is 11.2. The van der Waals surface area contributed by atoms with Crippen molar-refractivity contribution in [1.82, 2.24) is 19.5 Å². The van der Waals surface area contributed by atoms with Crippen LogP contribution >= 0.6 is 0 Å². The van der Waals surface area contributed by atoms with Crippen molar-refractivity contribution in [3.8, 4) is 11.8 Å². The zero-order valence-corrected chi connectivity index (χ0v) is 17.3. The fourth-order valence-electron chi connectivity index (χ4n) is 3.77. The molecular formula is C23H18N6O4. The van der Waals surface area contributed by atoms with Gasteiger partial charge in [-0.15, -0.1) is 0 Å². The Hall–Kier alpha value is -4.86. The van der Waals surface area contributed by atoms with E-state index in [2.05, 4.69) is 42.3 Å². The number of hydrogen-bond donors (Lipinski definition) is 5. The van der Waals surface area contributed by atoms with Crippen LogP contribution in [-0.2, 0) is 7.05 Å². The predicted molar refractivity (Wildman–Crippen MR) is 124 cm³/mol. The summed E-state index contributed by atoms with van der Waals surface area (Å²) in [6, 6.07) is 17.4. The quantitative estimate of drug-likeness (QED) is 0.254. The second-order valence-corrected chi connectivity index (χ2v) is 7.38. The molecule has 2 aromatic heterocycles. The molecule has 0 saturated heterocycles. The van der Waals surface area contributed by atoms with Crippen molar-refractivity contribution < 1.29 is 20.1 Å². The third kappa shape index (κ3) is 3.69. The van der Waals surface area contributed by atoms with Gasteiger partial charge in [0.25, 0.3) is 0 Å². The summed E-state index contributed by atoms with van der Waals surface area (Å²) in [7, 11) is 2.01. The highest BCUT2D eigenvalue weighted by atomic mass is 16.4. The Morgan fingerprint density at radius 2 is 1.45 bits per heavy atom. The van der Waals surface area contributed by atoms with E-state index in [1.165, 1.54) is 18.2 Å². The average Bonchev–Trinajstić information content (AvgIpc) is 3.06. The number of nitrogens with one attached hydrogen (secondary N) is 2. The molecule has 0 atom stereocenters. The van der Waals surface area contributed by atoms with Gasteiger partial charge in [-0.2, -0.15) is 15.0 Å². The minimum atomic E-state index is -1.28. The van der Waals surface area contributed by atoms with Crippen LogP contribution in [0, 0.1) is 0 Å². The number of hydrogen-bond acceptors (Lipinski definition) is 8. The zero-order valence-electron chi connectivity index (χ0n) is 17.3. The van der Waals surface area contributed by atoms with Gasteiger partial charge in [0.1, 0.15) is 11.3 Å². The molecule has 5 N–H and O–H groups in total. The molecule has 0 saturated carbocycles. The van der Waals surface area contributed by atoms with E-state index in [-0.39, 0.29) is 23.2 Å². The van der Waals surface area contributed by atoms with Crippen molar-refractivity contribution in [2.75, 3.05) is 10.6 Å². The van der Waals surface area contributed by atoms with Crippen molar-refractivity contribution in [2.45, 2.75) is 0 Å². The first-order valence-corrected chi connectivity index (χ1v) is 9.91. The smallest absolute Gasteiger partial charge is 0.339 e. The van der Waals surface area contributed by atoms with Crippen LogP contribution in [0.2, 0.25) is 0 Å². The summed E-state index contributed by atoms with van der Waals surface area (Å²) in [5.41, 5.74) is 2.94. The van der Waals surface area contributed by atoms with Crippen molar-refractivity contribution in [1.29, 1.82) is 0 Å². The summed E-state index contributed by atoms with van der Waals surface area (Å²) in [5, 5.41) is 36.9. The number of aryl methyl sites for hydroxylation is 1. The lowest BCUT2D eigenvalue weighted by Crippen LogP contribution is -2.04. The van der Waals surface area contributed by atoms with E-state index in [9.17, 15) is 20.1 Å². The summed E-state index contributed by atoms with van der Waals surface area (Å²) in [6.07, 6.45) is 0. The maximum absolute atomic E-state index is 11.2. The van der Waals surface area contributed by atoms with Gasteiger partial charge < -0.3 is 30.5 Å². The minimum Gasteiger partial charge on any atom is -0.507 e. The number of aromatic hydroxyl groups is 2. The SMILES string of the molecule is Cn1c2ccccc2c2cc(Nc3nc(O)nc(Nc4ccc(O)c(C(=O)O)c4)n3)ccc21. The molecule has 3 aromatic carbocycles. The highest BCUT2D eigenvalue weighted by molar-refractivity contribution is 6.09. The number of para-hydroxylation sites is 1. The Morgan fingerprint density at radius 1 is 0.818 bits per heavy atom. The van der Waals surface area contributed by atoms with Gasteiger partial charge in [-0.1, -0.05) is 18.2 Å². The number of aromatic carboxylic acids is 1. The van der Waals surface area contributed by atoms with E-state index in [0.29, 0.717) is 11.4 Å². The number of aromatic nitrogens is 4. The Bertz CT molecular complexity index is 1550. The second-order valence-electron chi connectivity index (χ2n) is 7.38. The monoisotopic (exact) mass is 442 g/mol. The van der Waals surface area contributed by atoms with Gasteiger partial charge in [0, 0.05) is 40.2 Å². The molecule has 0 amide bonds. The molecule has 0 bridgehead atoms. The van der Waals surface area contributed by atoms with E-state index in [1.54, 1.807) is 0 Å². The maximum Gasteiger partial charge on any atom is 0.339 e. The molecule has 0 aliphatic carbocycles. The number of nitrogens with zero attached hydrogens (tertiary/aromatic N) is 4. The van der Waals surface area contributed by atoms with Crippen LogP contribution in [0.3, 0.4) is 0 Å². The Labute approximate surface area is 186 Å². The molecule has 5 aromatic rings. The molecular weight excluding hydrogens is 424 g/mol. The first kappa shape index (κ1) is 20.1. The normalized spacial score (nSPS) is 11.1. The first-order valence-electron chi connectivity index (χ1n) is 9.91. The van der Waals surface area contributed by atoms with Crippen LogP contribution in [0.15, 0.2) is 60.7 Å². The van der Waals surface area contributed by atoms with Gasteiger partial charge >= 0.3 is 12.0 Å². The number of phenols is 1. The molecule has 0 aliphatic heterocycles. The number of rotatable bonds is 5. The molecule has 0 unspecified atom stereocenters. The van der Waals surface area contributed by atoms with E-state index in [4.69, 9.17) is 0 Å². The van der Waals surface area contributed by atoms with Gasteiger partial charge in [0.2, 0.25) is 11.9 Å². The lowest BCUT2D eigenvalue weighted by Gasteiger charge is -2.10. The fourth-order valence-corrected chi connectivity index (χ4v) is 3.77. The molecule has 0 aliphatic rings. The molecule has 33 heavy (non-hydrogen) atoms. The van der Waals surface area contributed by atoms with Gasteiger partial charge in [-0.3, -0.25) is 0 Å². The molecule has 164 valence electrons. The number of benzene rings is 3. The van der Waals surface area contributed by atoms with Crippen LogP contribution in [0.25, 0.3) is 21.8 Å². The topological polar surface area (TPSA) is 145 Å². The van der Waals surface area contributed by atoms with Crippen molar-refractivity contribution in [3.05, 3.63) is 66.2 Å². The summed E-state index contributed by atoms with van der Waals surface area (Å²) >= 11 is 0. The summed E-state index contributed by atoms with van der Waals surface area (Å²) in [5.74, 6) is -1.54. The first-order chi connectivity index (χ1) is 15.9. The van der Waals surface area contributed by atoms with E-state index in [0.717, 1.165) is 21.8 Å². The number of fused-ring (bicyclic) bond motifs is 3. The molecule has 5 rings (SSSR count). The molecule has 10 heteroatoms. The van der Waals surface area contributed by atoms with Crippen molar-refractivity contribution in [3.63, 3.8) is 0 Å². The Balaban J connectivity index is 1.46. The lowest BCUT2D eigenvalue weighted by molar-refractivity contribution is 0.0693. The molecule has 0 fully saturated rings. The molecule has 0 radical (unpaired) electrons. The minimum absolute atomic E-state index is 0.00160. The molecule has 10 nitrogen and oxygen atoms in total. The number of carbonyl (C=O) groups is 1. The standard InChI is InChI=1S/C23H18N6O4/c1-29-17-5-3-2-4-14(17)15-10-12(6-8-18(15)29)24-21-26-22(28-23(33)27-21)25-13-7-9-19(30)16(11-13)20(31)32/h2-11,30H,1H3,(H,31,32)(H3,24,25,26,27,28,33). The van der Waals surface area contributed by atoms with E-state index in [1.807, 2.05) is 37.4 Å². The van der Waals surface area contributed by atoms with Gasteiger partial charge in [0.05, 0.1) is 0 Å². The van der Waals surface area contributed by atoms with Crippen LogP contribution in [0.5, 0.6) is 11.8 Å². The summed E-state index contributed by atoms with van der Waals surface area (Å²) in [4.78, 5) is 23.2. The summed E-state index contributed by atoms with van der Waals surface area (Å²) in [6.45, 7) is 0. The van der Waals surface area contributed by atoms with Crippen LogP contribution in [0.4, 0.5) is 23.3 Å². The Morgan fingerprint density at radius 3 is 2.18 bits per heavy atom. The van der Waals surface area contributed by atoms with Crippen LogP contribution < -0.4 is 10.6 Å². The molecule has 0 spiro atoms. The third-order valence-corrected chi connectivity index (χ3v) is 5.28. The summed E-state index contributed by atoms with van der Waals surface area (Å²) < 4.78 is 2.12. The van der Waals surface area contributed by atoms with Crippen LogP contribution in [-0.4, -0.2) is 40.8 Å². The van der Waals surface area contributed by atoms with E-state index < -0.39 is 12.0 Å². The number of carboxylic acid groups (broad SMARTS) is 1. The highest BCUT2D eigenvalue weighted by Crippen LogP contribution is 2.31. The largest absolute Gasteiger partial charge is 0.507 e. The van der Waals surface area contributed by atoms with Gasteiger partial charge in [-0.25, -0.2) is 4.79 Å². The zero-order chi connectivity index (χ0) is 23.1. The van der Waals surface area contributed by atoms with Crippen molar-refractivity contribution >= 4 is 51.0 Å². The highest BCUT2D eigenvalue weighted by Gasteiger charge is 2.13. The molecule has 2 heterocycles. The van der Waals surface area contributed by atoms with Crippen LogP contribution in [0.1, 0.15) is 10.4 Å². The lowest BCUT2D eigenvalue weighted by atomic mass is 10.1. The van der Waals surface area contributed by atoms with Crippen molar-refractivity contribution in [2.24, 2.45) is 7.05 Å². The van der Waals surface area contributed by atoms with Gasteiger partial charge in [-0.05, 0) is 42.5 Å². The van der Waals surface area contributed by atoms with Gasteiger partial charge in [0.15, 0.2) is 0 Å².